The van der Waals surface area contributed by atoms with Gasteiger partial charge in [0.25, 0.3) is 0 Å². The number of nitrogens with zero attached hydrogens (tertiary/aromatic N) is 1. The van der Waals surface area contributed by atoms with Crippen LogP contribution in [0.25, 0.3) is 0 Å². The fourth-order valence-electron chi connectivity index (χ4n) is 2.33. The smallest absolute Gasteiger partial charge is 0.0107 e. The van der Waals surface area contributed by atoms with Gasteiger partial charge in [0.15, 0.2) is 0 Å². The lowest BCUT2D eigenvalue weighted by atomic mass is 10.3. The predicted molar refractivity (Wildman–Crippen MR) is 64.1 cm³/mol. The van der Waals surface area contributed by atoms with Crippen LogP contribution in [0.2, 0.25) is 0 Å². The maximum Gasteiger partial charge on any atom is 0.0107 e. The van der Waals surface area contributed by atoms with E-state index in [1.807, 2.05) is 0 Å². The molecule has 3 heteroatoms. The standard InChI is InChI=1S/C12H25N3/c1-11-9-12(11)10-14-5-8-15-6-2-3-13-4-7-15/h11-14H,2-10H2,1H3. The highest BCUT2D eigenvalue weighted by Gasteiger charge is 2.31. The Labute approximate surface area is 93.6 Å². The van der Waals surface area contributed by atoms with Crippen LogP contribution < -0.4 is 10.6 Å². The van der Waals surface area contributed by atoms with E-state index in [-0.39, 0.29) is 0 Å². The summed E-state index contributed by atoms with van der Waals surface area (Å²) in [6.07, 6.45) is 2.75. The van der Waals surface area contributed by atoms with Crippen molar-refractivity contribution in [2.45, 2.75) is 19.8 Å². The summed E-state index contributed by atoms with van der Waals surface area (Å²) in [4.78, 5) is 2.57. The van der Waals surface area contributed by atoms with Crippen molar-refractivity contribution in [2.75, 3.05) is 45.8 Å². The Balaban J connectivity index is 1.49. The van der Waals surface area contributed by atoms with Gasteiger partial charge in [0.2, 0.25) is 0 Å². The number of hydrogen-bond acceptors (Lipinski definition) is 3. The van der Waals surface area contributed by atoms with E-state index in [4.69, 9.17) is 0 Å². The third-order valence-electron chi connectivity index (χ3n) is 3.72. The van der Waals surface area contributed by atoms with E-state index in [9.17, 15) is 0 Å². The van der Waals surface area contributed by atoms with Gasteiger partial charge in [-0.2, -0.15) is 0 Å². The molecule has 1 saturated heterocycles. The first-order valence-electron chi connectivity index (χ1n) is 6.50. The van der Waals surface area contributed by atoms with E-state index in [0.29, 0.717) is 0 Å². The van der Waals surface area contributed by atoms with Crippen LogP contribution in [0, 0.1) is 11.8 Å². The Morgan fingerprint density at radius 3 is 3.00 bits per heavy atom. The van der Waals surface area contributed by atoms with Crippen LogP contribution >= 0.6 is 0 Å². The summed E-state index contributed by atoms with van der Waals surface area (Å²) in [5.41, 5.74) is 0. The van der Waals surface area contributed by atoms with Gasteiger partial charge in [-0.05, 0) is 44.3 Å². The Morgan fingerprint density at radius 2 is 2.20 bits per heavy atom. The number of hydrogen-bond donors (Lipinski definition) is 2. The van der Waals surface area contributed by atoms with Crippen molar-refractivity contribution in [1.82, 2.24) is 15.5 Å². The molecule has 88 valence electrons. The lowest BCUT2D eigenvalue weighted by Crippen LogP contribution is -2.35. The van der Waals surface area contributed by atoms with E-state index in [1.165, 1.54) is 58.7 Å². The molecule has 0 aromatic rings. The quantitative estimate of drug-likeness (QED) is 0.650. The minimum absolute atomic E-state index is 0.982. The molecule has 1 aliphatic heterocycles. The van der Waals surface area contributed by atoms with Crippen LogP contribution in [-0.4, -0.2) is 50.7 Å². The van der Waals surface area contributed by atoms with E-state index < -0.39 is 0 Å². The van der Waals surface area contributed by atoms with Gasteiger partial charge in [-0.3, -0.25) is 0 Å². The lowest BCUT2D eigenvalue weighted by Gasteiger charge is -2.19. The lowest BCUT2D eigenvalue weighted by molar-refractivity contribution is 0.291. The molecule has 2 unspecified atom stereocenters. The van der Waals surface area contributed by atoms with Crippen LogP contribution in [-0.2, 0) is 0 Å². The first kappa shape index (κ1) is 11.4. The summed E-state index contributed by atoms with van der Waals surface area (Å²) >= 11 is 0. The Kier molecular flexibility index (Phi) is 4.42. The zero-order valence-corrected chi connectivity index (χ0v) is 9.97. The molecule has 1 heterocycles. The molecule has 1 saturated carbocycles. The molecule has 0 radical (unpaired) electrons. The second kappa shape index (κ2) is 5.83. The van der Waals surface area contributed by atoms with E-state index in [2.05, 4.69) is 22.5 Å². The van der Waals surface area contributed by atoms with Gasteiger partial charge in [-0.1, -0.05) is 6.92 Å². The molecule has 0 amide bonds. The highest BCUT2D eigenvalue weighted by molar-refractivity contribution is 4.84. The summed E-state index contributed by atoms with van der Waals surface area (Å²) in [6.45, 7) is 10.9. The Bertz CT molecular complexity index is 176. The summed E-state index contributed by atoms with van der Waals surface area (Å²) in [7, 11) is 0. The van der Waals surface area contributed by atoms with Crippen LogP contribution in [0.4, 0.5) is 0 Å². The minimum Gasteiger partial charge on any atom is -0.315 e. The predicted octanol–water partition coefficient (Wildman–Crippen LogP) is 0.527. The zero-order chi connectivity index (χ0) is 10.5. The fourth-order valence-corrected chi connectivity index (χ4v) is 2.33. The molecular formula is C12H25N3. The zero-order valence-electron chi connectivity index (χ0n) is 9.97. The molecule has 0 aromatic carbocycles. The highest BCUT2D eigenvalue weighted by Crippen LogP contribution is 2.36. The molecule has 15 heavy (non-hydrogen) atoms. The first-order chi connectivity index (χ1) is 7.36. The summed E-state index contributed by atoms with van der Waals surface area (Å²) in [6, 6.07) is 0. The molecule has 2 atom stereocenters. The first-order valence-corrected chi connectivity index (χ1v) is 6.50. The van der Waals surface area contributed by atoms with Gasteiger partial charge in [-0.25, -0.2) is 0 Å². The van der Waals surface area contributed by atoms with Crippen molar-refractivity contribution in [1.29, 1.82) is 0 Å². The van der Waals surface area contributed by atoms with E-state index in [0.717, 1.165) is 11.8 Å². The number of nitrogens with one attached hydrogen (secondary N) is 2. The molecule has 0 bridgehead atoms. The molecule has 2 fully saturated rings. The van der Waals surface area contributed by atoms with Crippen molar-refractivity contribution in [3.05, 3.63) is 0 Å². The number of rotatable bonds is 5. The molecule has 0 aromatic heterocycles. The van der Waals surface area contributed by atoms with Crippen LogP contribution in [0.5, 0.6) is 0 Å². The van der Waals surface area contributed by atoms with E-state index in [1.54, 1.807) is 0 Å². The average Bonchev–Trinajstić information content (AvgIpc) is 2.97. The average molecular weight is 211 g/mol. The maximum absolute atomic E-state index is 3.58. The third-order valence-corrected chi connectivity index (χ3v) is 3.72. The fraction of sp³-hybridized carbons (Fsp3) is 1.00. The monoisotopic (exact) mass is 211 g/mol. The van der Waals surface area contributed by atoms with Crippen molar-refractivity contribution >= 4 is 0 Å². The van der Waals surface area contributed by atoms with Crippen LogP contribution in [0.15, 0.2) is 0 Å². The largest absolute Gasteiger partial charge is 0.315 e. The normalized spacial score (nSPS) is 32.6. The van der Waals surface area contributed by atoms with Crippen LogP contribution in [0.3, 0.4) is 0 Å². The molecule has 2 aliphatic rings. The molecule has 3 nitrogen and oxygen atoms in total. The summed E-state index contributed by atoms with van der Waals surface area (Å²) < 4.78 is 0. The van der Waals surface area contributed by atoms with Crippen molar-refractivity contribution in [2.24, 2.45) is 11.8 Å². The second-order valence-electron chi connectivity index (χ2n) is 5.12. The summed E-state index contributed by atoms with van der Waals surface area (Å²) in [5, 5.41) is 7.02. The SMILES string of the molecule is CC1CC1CNCCN1CCCNCC1. The molecule has 2 rings (SSSR count). The van der Waals surface area contributed by atoms with Gasteiger partial charge in [0, 0.05) is 26.2 Å². The molecule has 1 aliphatic carbocycles. The van der Waals surface area contributed by atoms with Gasteiger partial charge in [-0.15, -0.1) is 0 Å². The van der Waals surface area contributed by atoms with Gasteiger partial charge in [0.1, 0.15) is 0 Å². The maximum atomic E-state index is 3.58. The van der Waals surface area contributed by atoms with E-state index >= 15 is 0 Å². The van der Waals surface area contributed by atoms with Gasteiger partial charge in [0.05, 0.1) is 0 Å². The van der Waals surface area contributed by atoms with Gasteiger partial charge < -0.3 is 15.5 Å². The molecular weight excluding hydrogens is 186 g/mol. The third kappa shape index (κ3) is 4.09. The Hall–Kier alpha value is -0.120. The second-order valence-corrected chi connectivity index (χ2v) is 5.12. The summed E-state index contributed by atoms with van der Waals surface area (Å²) in [5.74, 6) is 1.97. The molecule has 2 N–H and O–H groups in total. The van der Waals surface area contributed by atoms with Crippen molar-refractivity contribution in [3.8, 4) is 0 Å². The molecule has 0 spiro atoms. The van der Waals surface area contributed by atoms with Crippen LogP contribution in [0.1, 0.15) is 19.8 Å². The Morgan fingerprint density at radius 1 is 1.33 bits per heavy atom. The highest BCUT2D eigenvalue weighted by atomic mass is 15.2. The van der Waals surface area contributed by atoms with Crippen molar-refractivity contribution < 1.29 is 0 Å². The van der Waals surface area contributed by atoms with Crippen molar-refractivity contribution in [3.63, 3.8) is 0 Å². The van der Waals surface area contributed by atoms with Gasteiger partial charge >= 0.3 is 0 Å². The topological polar surface area (TPSA) is 27.3 Å². The minimum atomic E-state index is 0.982.